The van der Waals surface area contributed by atoms with Crippen molar-refractivity contribution in [1.29, 1.82) is 0 Å². The van der Waals surface area contributed by atoms with E-state index in [1.54, 1.807) is 26.0 Å². The molecule has 0 aliphatic carbocycles. The van der Waals surface area contributed by atoms with Gasteiger partial charge in [-0.05, 0) is 45.4 Å². The summed E-state index contributed by atoms with van der Waals surface area (Å²) >= 11 is 0. The molecular formula is C26H24N2O5. The fourth-order valence-electron chi connectivity index (χ4n) is 4.08. The van der Waals surface area contributed by atoms with Crippen molar-refractivity contribution in [3.05, 3.63) is 97.1 Å². The van der Waals surface area contributed by atoms with Gasteiger partial charge in [0.15, 0.2) is 5.43 Å². The summed E-state index contributed by atoms with van der Waals surface area (Å²) < 4.78 is 6.31. The smallest absolute Gasteiger partial charge is 0.343 e. The second-order valence-corrected chi connectivity index (χ2v) is 8.22. The van der Waals surface area contributed by atoms with Crippen molar-refractivity contribution in [3.63, 3.8) is 0 Å². The highest BCUT2D eigenvalue weighted by Gasteiger charge is 2.22. The molecule has 0 aliphatic rings. The normalized spacial score (nSPS) is 12.0. The summed E-state index contributed by atoms with van der Waals surface area (Å²) in [5.74, 6) is -0.836. The van der Waals surface area contributed by atoms with Crippen molar-refractivity contribution in [2.75, 3.05) is 5.32 Å². The van der Waals surface area contributed by atoms with Gasteiger partial charge in [-0.3, -0.25) is 9.59 Å². The first kappa shape index (κ1) is 22.1. The van der Waals surface area contributed by atoms with Gasteiger partial charge in [-0.25, -0.2) is 4.79 Å². The van der Waals surface area contributed by atoms with E-state index in [0.29, 0.717) is 33.6 Å². The molecule has 2 aromatic carbocycles. The topological polar surface area (TPSA) is 112 Å². The molecule has 4 aromatic rings. The van der Waals surface area contributed by atoms with Gasteiger partial charge < -0.3 is 19.8 Å². The summed E-state index contributed by atoms with van der Waals surface area (Å²) in [6, 6.07) is 14.2. The number of carbonyl (C=O) groups is 1. The molecule has 0 aliphatic heterocycles. The molecule has 0 spiro atoms. The van der Waals surface area contributed by atoms with Gasteiger partial charge >= 0.3 is 5.97 Å². The maximum absolute atomic E-state index is 13.2. The number of nitrogens with one attached hydrogen (secondary N) is 2. The van der Waals surface area contributed by atoms with Crippen molar-refractivity contribution in [2.45, 2.75) is 33.7 Å². The van der Waals surface area contributed by atoms with Gasteiger partial charge in [0, 0.05) is 22.4 Å². The maximum atomic E-state index is 13.2. The monoisotopic (exact) mass is 444 g/mol. The Bertz CT molecular complexity index is 1500. The van der Waals surface area contributed by atoms with Gasteiger partial charge in [0.05, 0.1) is 17.1 Å². The largest absolute Gasteiger partial charge is 0.477 e. The van der Waals surface area contributed by atoms with Crippen LogP contribution in [0.1, 0.15) is 45.7 Å². The lowest BCUT2D eigenvalue weighted by molar-refractivity contribution is 0.0696. The van der Waals surface area contributed by atoms with Crippen LogP contribution in [0.5, 0.6) is 0 Å². The average Bonchev–Trinajstić information content (AvgIpc) is 2.75. The van der Waals surface area contributed by atoms with Gasteiger partial charge in [-0.2, -0.15) is 0 Å². The van der Waals surface area contributed by atoms with Crippen LogP contribution in [0, 0.1) is 20.8 Å². The number of benzene rings is 2. The molecule has 0 bridgehead atoms. The third kappa shape index (κ3) is 4.05. The number of aryl methyl sites for hydroxylation is 2. The summed E-state index contributed by atoms with van der Waals surface area (Å²) in [5, 5.41) is 13.1. The number of carboxylic acid groups (broad SMARTS) is 1. The van der Waals surface area contributed by atoms with E-state index in [1.165, 1.54) is 0 Å². The Morgan fingerprint density at radius 1 is 1.06 bits per heavy atom. The minimum Gasteiger partial charge on any atom is -0.477 e. The Hall–Kier alpha value is -4.13. The van der Waals surface area contributed by atoms with Crippen molar-refractivity contribution in [1.82, 2.24) is 4.98 Å². The Labute approximate surface area is 189 Å². The fourth-order valence-corrected chi connectivity index (χ4v) is 4.08. The van der Waals surface area contributed by atoms with E-state index < -0.39 is 17.6 Å². The molecule has 2 heterocycles. The number of aromatic carboxylic acids is 1. The highest BCUT2D eigenvalue weighted by molar-refractivity contribution is 5.94. The molecule has 0 radical (unpaired) electrons. The first-order valence-corrected chi connectivity index (χ1v) is 10.5. The third-order valence-corrected chi connectivity index (χ3v) is 5.65. The van der Waals surface area contributed by atoms with Crippen LogP contribution in [0.3, 0.4) is 0 Å². The number of hydrogen-bond donors (Lipinski definition) is 3. The molecule has 7 nitrogen and oxygen atoms in total. The number of H-pyrrole nitrogens is 1. The van der Waals surface area contributed by atoms with Gasteiger partial charge in [-0.1, -0.05) is 36.4 Å². The van der Waals surface area contributed by atoms with E-state index in [2.05, 4.69) is 10.3 Å². The fraction of sp³-hybridized carbons (Fsp3) is 0.192. The Balaban J connectivity index is 1.91. The number of pyridine rings is 1. The number of aromatic nitrogens is 1. The predicted octanol–water partition coefficient (Wildman–Crippen LogP) is 4.94. The Kier molecular flexibility index (Phi) is 5.64. The molecule has 0 saturated carbocycles. The van der Waals surface area contributed by atoms with Crippen LogP contribution in [0.4, 0.5) is 5.69 Å². The number of anilines is 1. The van der Waals surface area contributed by atoms with Gasteiger partial charge in [0.1, 0.15) is 16.9 Å². The van der Waals surface area contributed by atoms with Gasteiger partial charge in [0.25, 0.3) is 5.56 Å². The summed E-state index contributed by atoms with van der Waals surface area (Å²) in [5.41, 5.74) is 2.85. The van der Waals surface area contributed by atoms with Crippen molar-refractivity contribution < 1.29 is 14.3 Å². The molecule has 0 saturated heterocycles. The molecule has 1 atom stereocenters. The first-order valence-electron chi connectivity index (χ1n) is 10.5. The Morgan fingerprint density at radius 2 is 1.76 bits per heavy atom. The summed E-state index contributed by atoms with van der Waals surface area (Å²) in [6.07, 6.45) is 0. The summed E-state index contributed by atoms with van der Waals surface area (Å²) in [7, 11) is 0. The standard InChI is InChI=1S/C26H24N2O5/c1-13-10-18(16(4)28-20-12-14(2)27-25(30)21(20)26(31)32)24-19(11-13)22(29)15(3)23(33-24)17-8-6-5-7-9-17/h5-12,16H,1-4H3,(H,31,32)(H2,27,28,30). The summed E-state index contributed by atoms with van der Waals surface area (Å²) in [6.45, 7) is 7.14. The molecule has 2 aromatic heterocycles. The number of carboxylic acids is 1. The zero-order valence-corrected chi connectivity index (χ0v) is 18.8. The molecule has 7 heteroatoms. The molecule has 168 valence electrons. The molecule has 3 N–H and O–H groups in total. The SMILES string of the molecule is Cc1cc(C(C)Nc2cc(C)[nH]c(=O)c2C(=O)O)c2oc(-c3ccccc3)c(C)c(=O)c2c1. The number of rotatable bonds is 5. The average molecular weight is 444 g/mol. The number of fused-ring (bicyclic) bond motifs is 1. The van der Waals surface area contributed by atoms with E-state index in [-0.39, 0.29) is 16.7 Å². The van der Waals surface area contributed by atoms with Crippen molar-refractivity contribution in [2.24, 2.45) is 0 Å². The van der Waals surface area contributed by atoms with Crippen LogP contribution in [-0.4, -0.2) is 16.1 Å². The van der Waals surface area contributed by atoms with Crippen LogP contribution in [0.2, 0.25) is 0 Å². The van der Waals surface area contributed by atoms with Crippen LogP contribution in [0.25, 0.3) is 22.3 Å². The molecule has 1 unspecified atom stereocenters. The lowest BCUT2D eigenvalue weighted by Crippen LogP contribution is -2.22. The minimum atomic E-state index is -1.33. The molecular weight excluding hydrogens is 420 g/mol. The molecule has 4 rings (SSSR count). The first-order chi connectivity index (χ1) is 15.7. The van der Waals surface area contributed by atoms with E-state index in [9.17, 15) is 19.5 Å². The highest BCUT2D eigenvalue weighted by Crippen LogP contribution is 2.32. The van der Waals surface area contributed by atoms with E-state index in [1.807, 2.05) is 50.2 Å². The van der Waals surface area contributed by atoms with E-state index in [4.69, 9.17) is 4.42 Å². The zero-order valence-electron chi connectivity index (χ0n) is 18.8. The van der Waals surface area contributed by atoms with Crippen molar-refractivity contribution >= 4 is 22.6 Å². The predicted molar refractivity (Wildman–Crippen MR) is 128 cm³/mol. The number of hydrogen-bond acceptors (Lipinski definition) is 5. The van der Waals surface area contributed by atoms with Crippen molar-refractivity contribution in [3.8, 4) is 11.3 Å². The Morgan fingerprint density at radius 3 is 2.42 bits per heavy atom. The molecule has 0 amide bonds. The molecule has 33 heavy (non-hydrogen) atoms. The van der Waals surface area contributed by atoms with Crippen LogP contribution in [-0.2, 0) is 0 Å². The molecule has 0 fully saturated rings. The minimum absolute atomic E-state index is 0.120. The summed E-state index contributed by atoms with van der Waals surface area (Å²) in [4.78, 5) is 39.7. The van der Waals surface area contributed by atoms with Crippen LogP contribution in [0.15, 0.2) is 62.5 Å². The quantitative estimate of drug-likeness (QED) is 0.402. The lowest BCUT2D eigenvalue weighted by Gasteiger charge is -2.20. The van der Waals surface area contributed by atoms with E-state index in [0.717, 1.165) is 11.1 Å². The second kappa shape index (κ2) is 8.43. The number of aromatic amines is 1. The highest BCUT2D eigenvalue weighted by atomic mass is 16.4. The maximum Gasteiger partial charge on any atom is 0.343 e. The van der Waals surface area contributed by atoms with Gasteiger partial charge in [-0.15, -0.1) is 0 Å². The third-order valence-electron chi connectivity index (χ3n) is 5.65. The van der Waals surface area contributed by atoms with Crippen LogP contribution < -0.4 is 16.3 Å². The lowest BCUT2D eigenvalue weighted by atomic mass is 9.98. The second-order valence-electron chi connectivity index (χ2n) is 8.22. The van der Waals surface area contributed by atoms with Gasteiger partial charge in [0.2, 0.25) is 0 Å². The van der Waals surface area contributed by atoms with Crippen LogP contribution >= 0.6 is 0 Å². The van der Waals surface area contributed by atoms with E-state index >= 15 is 0 Å². The zero-order chi connectivity index (χ0) is 23.9.